The van der Waals surface area contributed by atoms with Crippen LogP contribution in [0.4, 0.5) is 9.18 Å². The van der Waals surface area contributed by atoms with Crippen LogP contribution in [-0.4, -0.2) is 24.5 Å². The van der Waals surface area contributed by atoms with Crippen molar-refractivity contribution in [3.63, 3.8) is 0 Å². The fourth-order valence-electron chi connectivity index (χ4n) is 0.356. The van der Waals surface area contributed by atoms with E-state index in [2.05, 4.69) is 4.74 Å². The number of hydrogen-bond acceptors (Lipinski definition) is 2. The maximum Gasteiger partial charge on any atom is 0.505 e. The van der Waals surface area contributed by atoms with Crippen LogP contribution in [0.15, 0.2) is 0 Å². The third-order valence-electron chi connectivity index (χ3n) is 0.754. The summed E-state index contributed by atoms with van der Waals surface area (Å²) in [5.74, 6) is 0. The van der Waals surface area contributed by atoms with Gasteiger partial charge in [-0.05, 0) is 12.8 Å². The molecule has 0 aromatic heterocycles. The fraction of sp³-hybridized carbons (Fsp3) is 0.800. The van der Waals surface area contributed by atoms with E-state index in [1.54, 1.807) is 0 Å². The number of ether oxygens (including phenoxy) is 1. The van der Waals surface area contributed by atoms with Gasteiger partial charge in [0.05, 0.1) is 13.3 Å². The van der Waals surface area contributed by atoms with Crippen LogP contribution in [0.1, 0.15) is 12.8 Å². The van der Waals surface area contributed by atoms with E-state index in [1.807, 2.05) is 0 Å². The van der Waals surface area contributed by atoms with Gasteiger partial charge in [-0.25, -0.2) is 4.79 Å². The highest BCUT2D eigenvalue weighted by atomic mass is 19.1. The maximum absolute atomic E-state index is 11.3. The van der Waals surface area contributed by atoms with Crippen molar-refractivity contribution in [2.75, 3.05) is 13.3 Å². The number of unbranched alkanes of at least 4 members (excludes halogenated alkanes) is 1. The van der Waals surface area contributed by atoms with Gasteiger partial charge in [-0.2, -0.15) is 0 Å². The van der Waals surface area contributed by atoms with E-state index >= 15 is 0 Å². The molecule has 0 unspecified atom stereocenters. The molecular weight excluding hydrogens is 127 g/mol. The minimum Gasteiger partial charge on any atom is -0.450 e. The van der Waals surface area contributed by atoms with E-state index in [1.165, 1.54) is 0 Å². The number of rotatable bonds is 4. The highest BCUT2D eigenvalue weighted by molar-refractivity contribution is 5.56. The van der Waals surface area contributed by atoms with Crippen molar-refractivity contribution in [1.29, 1.82) is 0 Å². The zero-order valence-electron chi connectivity index (χ0n) is 4.97. The Labute approximate surface area is 52.4 Å². The summed E-state index contributed by atoms with van der Waals surface area (Å²) in [6.07, 6.45) is -0.468. The molecule has 0 aliphatic rings. The Morgan fingerprint density at radius 2 is 2.22 bits per heavy atom. The molecule has 0 rings (SSSR count). The van der Waals surface area contributed by atoms with Crippen molar-refractivity contribution >= 4 is 6.16 Å². The second kappa shape index (κ2) is 5.34. The number of hydrogen-bond donors (Lipinski definition) is 1. The predicted octanol–water partition coefficient (Wildman–Crippen LogP) is 1.43. The third kappa shape index (κ3) is 7.20. The number of halogens is 1. The lowest BCUT2D eigenvalue weighted by Gasteiger charge is -1.95. The maximum atomic E-state index is 11.3. The van der Waals surface area contributed by atoms with Gasteiger partial charge in [0.15, 0.2) is 0 Å². The van der Waals surface area contributed by atoms with Crippen LogP contribution in [0.5, 0.6) is 0 Å². The lowest BCUT2D eigenvalue weighted by molar-refractivity contribution is 0.0896. The van der Waals surface area contributed by atoms with E-state index in [4.69, 9.17) is 5.11 Å². The molecule has 0 spiro atoms. The molecule has 54 valence electrons. The highest BCUT2D eigenvalue weighted by Crippen LogP contribution is 1.90. The second-order valence-corrected chi connectivity index (χ2v) is 1.51. The second-order valence-electron chi connectivity index (χ2n) is 1.51. The van der Waals surface area contributed by atoms with Gasteiger partial charge in [0, 0.05) is 0 Å². The van der Waals surface area contributed by atoms with Crippen molar-refractivity contribution in [2.45, 2.75) is 12.8 Å². The molecule has 0 aromatic rings. The van der Waals surface area contributed by atoms with Crippen LogP contribution in [0.3, 0.4) is 0 Å². The van der Waals surface area contributed by atoms with Gasteiger partial charge < -0.3 is 9.84 Å². The quantitative estimate of drug-likeness (QED) is 0.469. The van der Waals surface area contributed by atoms with Crippen LogP contribution < -0.4 is 0 Å². The summed E-state index contributed by atoms with van der Waals surface area (Å²) in [5.41, 5.74) is 0. The van der Waals surface area contributed by atoms with E-state index < -0.39 is 12.8 Å². The zero-order chi connectivity index (χ0) is 7.11. The molecule has 9 heavy (non-hydrogen) atoms. The smallest absolute Gasteiger partial charge is 0.450 e. The third-order valence-corrected chi connectivity index (χ3v) is 0.754. The largest absolute Gasteiger partial charge is 0.505 e. The van der Waals surface area contributed by atoms with Gasteiger partial charge >= 0.3 is 6.16 Å². The van der Waals surface area contributed by atoms with E-state index in [9.17, 15) is 9.18 Å². The minimum absolute atomic E-state index is 0.0965. The average molecular weight is 136 g/mol. The molecule has 0 radical (unpaired) electrons. The molecule has 0 saturated heterocycles. The summed E-state index contributed by atoms with van der Waals surface area (Å²) in [6.45, 7) is -0.317. The molecular formula is C5H9FO3. The molecule has 0 aliphatic carbocycles. The Hall–Kier alpha value is -0.800. The van der Waals surface area contributed by atoms with Gasteiger partial charge in [0.2, 0.25) is 0 Å². The molecule has 0 aliphatic heterocycles. The summed E-state index contributed by atoms with van der Waals surface area (Å²) in [6, 6.07) is 0. The van der Waals surface area contributed by atoms with Crippen molar-refractivity contribution in [3.8, 4) is 0 Å². The highest BCUT2D eigenvalue weighted by Gasteiger charge is 1.93. The molecule has 0 saturated carbocycles. The van der Waals surface area contributed by atoms with Crippen LogP contribution in [0, 0.1) is 0 Å². The predicted molar refractivity (Wildman–Crippen MR) is 29.2 cm³/mol. The van der Waals surface area contributed by atoms with Crippen LogP contribution in [-0.2, 0) is 4.74 Å². The summed E-state index contributed by atoms with van der Waals surface area (Å²) >= 11 is 0. The average Bonchev–Trinajstić information content (AvgIpc) is 1.80. The van der Waals surface area contributed by atoms with Gasteiger partial charge in [-0.15, -0.1) is 0 Å². The lowest BCUT2D eigenvalue weighted by atomic mass is 10.3. The molecule has 0 amide bonds. The SMILES string of the molecule is O=C(O)OCCCCF. The van der Waals surface area contributed by atoms with Crippen molar-refractivity contribution in [2.24, 2.45) is 0 Å². The molecule has 3 nitrogen and oxygen atoms in total. The van der Waals surface area contributed by atoms with Gasteiger partial charge in [-0.3, -0.25) is 4.39 Å². The summed E-state index contributed by atoms with van der Waals surface area (Å²) < 4.78 is 15.4. The Kier molecular flexibility index (Phi) is 4.86. The van der Waals surface area contributed by atoms with Gasteiger partial charge in [-0.1, -0.05) is 0 Å². The fourth-order valence-corrected chi connectivity index (χ4v) is 0.356. The van der Waals surface area contributed by atoms with Gasteiger partial charge in [0.1, 0.15) is 0 Å². The Morgan fingerprint density at radius 3 is 2.67 bits per heavy atom. The topological polar surface area (TPSA) is 46.5 Å². The Bertz CT molecular complexity index is 84.3. The summed E-state index contributed by atoms with van der Waals surface area (Å²) in [7, 11) is 0. The van der Waals surface area contributed by atoms with Crippen LogP contribution in [0.25, 0.3) is 0 Å². The van der Waals surface area contributed by atoms with Crippen molar-refractivity contribution in [3.05, 3.63) is 0 Å². The first-order chi connectivity index (χ1) is 4.27. The molecule has 0 aromatic carbocycles. The monoisotopic (exact) mass is 136 g/mol. The number of carbonyl (C=O) groups is 1. The molecule has 1 N–H and O–H groups in total. The molecule has 0 bridgehead atoms. The van der Waals surface area contributed by atoms with Crippen LogP contribution in [0.2, 0.25) is 0 Å². The first kappa shape index (κ1) is 8.20. The lowest BCUT2D eigenvalue weighted by Crippen LogP contribution is -2.01. The van der Waals surface area contributed by atoms with Crippen molar-refractivity contribution in [1.82, 2.24) is 0 Å². The molecule has 0 atom stereocenters. The standard InChI is InChI=1S/C5H9FO3/c6-3-1-2-4-9-5(7)8/h1-4H2,(H,7,8). The first-order valence-electron chi connectivity index (χ1n) is 2.69. The number of carboxylic acid groups (broad SMARTS) is 1. The molecule has 0 heterocycles. The molecule has 4 heteroatoms. The van der Waals surface area contributed by atoms with E-state index in [0.717, 1.165) is 0 Å². The summed E-state index contributed by atoms with van der Waals surface area (Å²) in [4.78, 5) is 9.65. The summed E-state index contributed by atoms with van der Waals surface area (Å²) in [5, 5.41) is 7.90. The van der Waals surface area contributed by atoms with E-state index in [-0.39, 0.29) is 6.61 Å². The minimum atomic E-state index is -1.30. The van der Waals surface area contributed by atoms with Gasteiger partial charge in [0.25, 0.3) is 0 Å². The number of alkyl halides is 1. The zero-order valence-corrected chi connectivity index (χ0v) is 4.97. The Morgan fingerprint density at radius 1 is 1.56 bits per heavy atom. The van der Waals surface area contributed by atoms with E-state index in [0.29, 0.717) is 12.8 Å². The first-order valence-corrected chi connectivity index (χ1v) is 2.69. The van der Waals surface area contributed by atoms with Crippen molar-refractivity contribution < 1.29 is 19.0 Å². The Balaban J connectivity index is 2.83. The normalized spacial score (nSPS) is 9.00. The molecule has 0 fully saturated rings. The van der Waals surface area contributed by atoms with Crippen LogP contribution >= 0.6 is 0 Å².